The van der Waals surface area contributed by atoms with Crippen molar-refractivity contribution in [2.45, 2.75) is 18.4 Å². The minimum absolute atomic E-state index is 0.193. The zero-order valence-corrected chi connectivity index (χ0v) is 17.6. The van der Waals surface area contributed by atoms with Crippen LogP contribution in [0.25, 0.3) is 10.9 Å². The molecule has 1 heterocycles. The predicted molar refractivity (Wildman–Crippen MR) is 113 cm³/mol. The second-order valence-corrected chi connectivity index (χ2v) is 7.74. The van der Waals surface area contributed by atoms with Gasteiger partial charge in [0.15, 0.2) is 17.3 Å². The van der Waals surface area contributed by atoms with E-state index < -0.39 is 0 Å². The number of H-pyrrole nitrogens is 1. The van der Waals surface area contributed by atoms with Crippen LogP contribution in [0.3, 0.4) is 0 Å². The van der Waals surface area contributed by atoms with Crippen LogP contribution < -0.4 is 19.9 Å². The molecule has 0 saturated carbocycles. The first-order valence-corrected chi connectivity index (χ1v) is 10.4. The van der Waals surface area contributed by atoms with Gasteiger partial charge in [0.1, 0.15) is 12.4 Å². The average molecular weight is 419 g/mol. The first-order valence-electron chi connectivity index (χ1n) is 9.41. The number of methoxy groups -OCH3 is 2. The molecule has 1 aromatic heterocycles. The number of hydrogen-bond acceptors (Lipinski definition) is 5. The number of rotatable bonds is 9. The second-order valence-electron chi connectivity index (χ2n) is 6.57. The highest BCUT2D eigenvalue weighted by Gasteiger charge is 2.14. The fourth-order valence-electron chi connectivity index (χ4n) is 3.07. The van der Waals surface area contributed by atoms with Gasteiger partial charge in [-0.25, -0.2) is 9.37 Å². The molecule has 29 heavy (non-hydrogen) atoms. The summed E-state index contributed by atoms with van der Waals surface area (Å²) in [6.07, 6.45) is 0. The molecule has 0 fully saturated rings. The van der Waals surface area contributed by atoms with E-state index in [1.54, 1.807) is 43.1 Å². The number of hydrogen-bond donors (Lipinski definition) is 2. The van der Waals surface area contributed by atoms with E-state index in [-0.39, 0.29) is 11.4 Å². The Morgan fingerprint density at radius 1 is 1.14 bits per heavy atom. The summed E-state index contributed by atoms with van der Waals surface area (Å²) in [5.74, 6) is 2.34. The fraction of sp³-hybridized carbons (Fsp3) is 0.333. The molecule has 3 aromatic rings. The number of aromatic nitrogens is 2. The summed E-state index contributed by atoms with van der Waals surface area (Å²) in [4.78, 5) is 22.4. The Morgan fingerprint density at radius 2 is 1.83 bits per heavy atom. The molecule has 0 aliphatic heterocycles. The van der Waals surface area contributed by atoms with Gasteiger partial charge < -0.3 is 19.4 Å². The Morgan fingerprint density at radius 3 is 2.48 bits per heavy atom. The summed E-state index contributed by atoms with van der Waals surface area (Å²) >= 11 is 1.69. The molecule has 0 amide bonds. The maximum absolute atomic E-state index is 13.0. The molecule has 2 N–H and O–H groups in total. The summed E-state index contributed by atoms with van der Waals surface area (Å²) in [7, 11) is 3.09. The van der Waals surface area contributed by atoms with Crippen LogP contribution in [0, 0.1) is 5.82 Å². The minimum atomic E-state index is -0.226. The van der Waals surface area contributed by atoms with Crippen molar-refractivity contribution >= 4 is 22.7 Å². The Labute approximate surface area is 173 Å². The van der Waals surface area contributed by atoms with Crippen LogP contribution in [-0.2, 0) is 6.54 Å². The SMILES string of the molecule is CC[NH+](CCSc1ccc(F)cc1)Cc1nc2cc(OC)c(OC)cc2c(=O)[nH]1. The van der Waals surface area contributed by atoms with Gasteiger partial charge in [-0.2, -0.15) is 0 Å². The van der Waals surface area contributed by atoms with E-state index in [1.165, 1.54) is 24.1 Å². The maximum atomic E-state index is 13.0. The third-order valence-electron chi connectivity index (χ3n) is 4.72. The Bertz CT molecular complexity index is 1020. The molecule has 2 aromatic carbocycles. The maximum Gasteiger partial charge on any atom is 0.259 e. The molecular formula is C21H25FN3O3S+. The standard InChI is InChI=1S/C21H24FN3O3S/c1-4-25(9-10-29-15-7-5-14(22)6-8-15)13-20-23-17-12-19(28-3)18(27-2)11-16(17)21(26)24-20/h5-8,11-12H,4,9-10,13H2,1-3H3,(H,23,24,26)/p+1. The molecule has 1 atom stereocenters. The first kappa shape index (κ1) is 21.1. The topological polar surface area (TPSA) is 68.7 Å². The summed E-state index contributed by atoms with van der Waals surface area (Å²) in [6.45, 7) is 4.51. The molecule has 1 unspecified atom stereocenters. The van der Waals surface area contributed by atoms with Crippen LogP contribution in [0.2, 0.25) is 0 Å². The number of thioether (sulfide) groups is 1. The largest absolute Gasteiger partial charge is 0.493 e. The van der Waals surface area contributed by atoms with Crippen molar-refractivity contribution in [2.75, 3.05) is 33.1 Å². The first-order chi connectivity index (χ1) is 14.0. The van der Waals surface area contributed by atoms with Gasteiger partial charge in [-0.1, -0.05) is 0 Å². The van der Waals surface area contributed by atoms with E-state index in [9.17, 15) is 9.18 Å². The molecule has 0 saturated heterocycles. The number of benzene rings is 2. The molecule has 0 aliphatic carbocycles. The summed E-state index contributed by atoms with van der Waals surface area (Å²) in [5.41, 5.74) is 0.389. The van der Waals surface area contributed by atoms with Crippen molar-refractivity contribution < 1.29 is 18.8 Å². The van der Waals surface area contributed by atoms with Crippen LogP contribution >= 0.6 is 11.8 Å². The van der Waals surface area contributed by atoms with E-state index in [0.717, 1.165) is 23.7 Å². The zero-order valence-electron chi connectivity index (χ0n) is 16.8. The molecular weight excluding hydrogens is 393 g/mol. The summed E-state index contributed by atoms with van der Waals surface area (Å²) in [5, 5.41) is 0.469. The van der Waals surface area contributed by atoms with Gasteiger partial charge >= 0.3 is 0 Å². The highest BCUT2D eigenvalue weighted by Crippen LogP contribution is 2.29. The molecule has 8 heteroatoms. The lowest BCUT2D eigenvalue weighted by Crippen LogP contribution is -3.10. The molecule has 0 bridgehead atoms. The lowest BCUT2D eigenvalue weighted by molar-refractivity contribution is -0.910. The van der Waals surface area contributed by atoms with Gasteiger partial charge in [0, 0.05) is 16.7 Å². The van der Waals surface area contributed by atoms with E-state index in [0.29, 0.717) is 34.8 Å². The Hall–Kier alpha value is -2.58. The molecule has 0 spiro atoms. The smallest absolute Gasteiger partial charge is 0.259 e. The highest BCUT2D eigenvalue weighted by molar-refractivity contribution is 7.99. The third kappa shape index (κ3) is 5.27. The summed E-state index contributed by atoms with van der Waals surface area (Å²) < 4.78 is 23.6. The average Bonchev–Trinajstić information content (AvgIpc) is 2.73. The van der Waals surface area contributed by atoms with Gasteiger partial charge in [-0.15, -0.1) is 11.8 Å². The number of quaternary nitrogens is 1. The van der Waals surface area contributed by atoms with E-state index in [2.05, 4.69) is 16.9 Å². The lowest BCUT2D eigenvalue weighted by atomic mass is 10.2. The number of fused-ring (bicyclic) bond motifs is 1. The van der Waals surface area contributed by atoms with Crippen LogP contribution in [0.4, 0.5) is 4.39 Å². The van der Waals surface area contributed by atoms with E-state index >= 15 is 0 Å². The van der Waals surface area contributed by atoms with Crippen LogP contribution in [0.1, 0.15) is 12.7 Å². The molecule has 0 radical (unpaired) electrons. The number of ether oxygens (including phenoxy) is 2. The van der Waals surface area contributed by atoms with Gasteiger partial charge in [0.05, 0.1) is 38.2 Å². The third-order valence-corrected chi connectivity index (χ3v) is 5.73. The Kier molecular flexibility index (Phi) is 7.11. The monoisotopic (exact) mass is 418 g/mol. The normalized spacial score (nSPS) is 12.1. The predicted octanol–water partition coefficient (Wildman–Crippen LogP) is 2.28. The Balaban J connectivity index is 1.71. The van der Waals surface area contributed by atoms with Gasteiger partial charge in [0.25, 0.3) is 5.56 Å². The van der Waals surface area contributed by atoms with Crippen molar-refractivity contribution in [3.05, 3.63) is 58.4 Å². The van der Waals surface area contributed by atoms with Crippen molar-refractivity contribution in [2.24, 2.45) is 0 Å². The molecule has 154 valence electrons. The molecule has 0 aliphatic rings. The van der Waals surface area contributed by atoms with Gasteiger partial charge in [-0.3, -0.25) is 4.79 Å². The number of halogens is 1. The van der Waals surface area contributed by atoms with E-state index in [4.69, 9.17) is 9.47 Å². The van der Waals surface area contributed by atoms with Crippen LogP contribution in [-0.4, -0.2) is 43.0 Å². The summed E-state index contributed by atoms with van der Waals surface area (Å²) in [6, 6.07) is 9.89. The lowest BCUT2D eigenvalue weighted by Gasteiger charge is -2.17. The van der Waals surface area contributed by atoms with Crippen molar-refractivity contribution in [3.8, 4) is 11.5 Å². The zero-order chi connectivity index (χ0) is 20.8. The van der Waals surface area contributed by atoms with Gasteiger partial charge in [-0.05, 0) is 37.3 Å². The minimum Gasteiger partial charge on any atom is -0.493 e. The van der Waals surface area contributed by atoms with Crippen LogP contribution in [0.15, 0.2) is 46.1 Å². The number of nitrogens with one attached hydrogen (secondary N) is 2. The van der Waals surface area contributed by atoms with Crippen molar-refractivity contribution in [1.82, 2.24) is 9.97 Å². The fourth-order valence-corrected chi connectivity index (χ4v) is 4.02. The van der Waals surface area contributed by atoms with Crippen LogP contribution in [0.5, 0.6) is 11.5 Å². The number of aromatic amines is 1. The quantitative estimate of drug-likeness (QED) is 0.522. The van der Waals surface area contributed by atoms with E-state index in [1.807, 2.05) is 0 Å². The van der Waals surface area contributed by atoms with Gasteiger partial charge in [0.2, 0.25) is 0 Å². The molecule has 6 nitrogen and oxygen atoms in total. The van der Waals surface area contributed by atoms with Crippen molar-refractivity contribution in [3.63, 3.8) is 0 Å². The second kappa shape index (κ2) is 9.76. The van der Waals surface area contributed by atoms with Crippen molar-refractivity contribution in [1.29, 1.82) is 0 Å². The highest BCUT2D eigenvalue weighted by atomic mass is 32.2. The molecule has 3 rings (SSSR count). The number of nitrogens with zero attached hydrogens (tertiary/aromatic N) is 1.